The number of aromatic nitrogens is 2. The van der Waals surface area contributed by atoms with E-state index >= 15 is 0 Å². The van der Waals surface area contributed by atoms with Crippen LogP contribution in [0.15, 0.2) is 42.6 Å². The van der Waals surface area contributed by atoms with E-state index in [4.69, 9.17) is 0 Å². The van der Waals surface area contributed by atoms with Gasteiger partial charge in [-0.15, -0.1) is 0 Å². The monoisotopic (exact) mass is 257 g/mol. The zero-order chi connectivity index (χ0) is 13.5. The Morgan fingerprint density at radius 1 is 1.16 bits per heavy atom. The van der Waals surface area contributed by atoms with Gasteiger partial charge in [-0.05, 0) is 31.7 Å². The first-order chi connectivity index (χ1) is 9.35. The molecule has 102 valence electrons. The first-order valence-corrected chi connectivity index (χ1v) is 7.13. The van der Waals surface area contributed by atoms with Crippen LogP contribution in [-0.4, -0.2) is 16.8 Å². The van der Waals surface area contributed by atoms with Crippen molar-refractivity contribution in [1.82, 2.24) is 15.1 Å². The standard InChI is InChI=1S/C16H23N3/c1-3-4-6-11-15(17-2)16-12-13-19(18-16)14-9-7-5-8-10-14/h5,7-10,12-13,15,17H,3-4,6,11H2,1-2H3. The minimum absolute atomic E-state index is 0.358. The molecule has 1 heterocycles. The van der Waals surface area contributed by atoms with Crippen LogP contribution < -0.4 is 5.32 Å². The molecule has 0 bridgehead atoms. The molecule has 1 N–H and O–H groups in total. The minimum atomic E-state index is 0.358. The van der Waals surface area contributed by atoms with E-state index in [1.165, 1.54) is 19.3 Å². The van der Waals surface area contributed by atoms with Crippen LogP contribution in [0.4, 0.5) is 0 Å². The molecule has 0 fully saturated rings. The van der Waals surface area contributed by atoms with Gasteiger partial charge < -0.3 is 5.32 Å². The van der Waals surface area contributed by atoms with Crippen molar-refractivity contribution in [2.45, 2.75) is 38.6 Å². The normalized spacial score (nSPS) is 12.5. The fourth-order valence-corrected chi connectivity index (χ4v) is 2.29. The van der Waals surface area contributed by atoms with Crippen LogP contribution in [0, 0.1) is 0 Å². The SMILES string of the molecule is CCCCCC(NC)c1ccn(-c2ccccc2)n1. The second-order valence-electron chi connectivity index (χ2n) is 4.86. The Labute approximate surface area is 115 Å². The Morgan fingerprint density at radius 2 is 1.95 bits per heavy atom. The van der Waals surface area contributed by atoms with Gasteiger partial charge in [0.2, 0.25) is 0 Å². The van der Waals surface area contributed by atoms with E-state index < -0.39 is 0 Å². The summed E-state index contributed by atoms with van der Waals surface area (Å²) in [5.41, 5.74) is 2.24. The second-order valence-corrected chi connectivity index (χ2v) is 4.86. The molecule has 1 unspecified atom stereocenters. The van der Waals surface area contributed by atoms with Crippen LogP contribution in [0.3, 0.4) is 0 Å². The van der Waals surface area contributed by atoms with Gasteiger partial charge in [-0.2, -0.15) is 5.10 Å². The van der Waals surface area contributed by atoms with Gasteiger partial charge in [-0.1, -0.05) is 44.4 Å². The molecule has 1 atom stereocenters. The van der Waals surface area contributed by atoms with Crippen LogP contribution in [0.2, 0.25) is 0 Å². The number of benzene rings is 1. The average molecular weight is 257 g/mol. The lowest BCUT2D eigenvalue weighted by molar-refractivity contribution is 0.498. The highest BCUT2D eigenvalue weighted by atomic mass is 15.3. The summed E-state index contributed by atoms with van der Waals surface area (Å²) in [6.07, 6.45) is 6.98. The molecule has 2 rings (SSSR count). The van der Waals surface area contributed by atoms with Crippen molar-refractivity contribution >= 4 is 0 Å². The predicted molar refractivity (Wildman–Crippen MR) is 79.5 cm³/mol. The number of para-hydroxylation sites is 1. The van der Waals surface area contributed by atoms with E-state index in [9.17, 15) is 0 Å². The lowest BCUT2D eigenvalue weighted by Crippen LogP contribution is -2.17. The van der Waals surface area contributed by atoms with Crippen molar-refractivity contribution < 1.29 is 0 Å². The third kappa shape index (κ3) is 3.67. The Kier molecular flexibility index (Phi) is 5.16. The molecular formula is C16H23N3. The first kappa shape index (κ1) is 13.8. The number of unbranched alkanes of at least 4 members (excludes halogenated alkanes) is 2. The van der Waals surface area contributed by atoms with E-state index in [2.05, 4.69) is 35.5 Å². The van der Waals surface area contributed by atoms with Gasteiger partial charge in [0.05, 0.1) is 17.4 Å². The summed E-state index contributed by atoms with van der Waals surface area (Å²) < 4.78 is 1.94. The molecule has 2 aromatic rings. The maximum Gasteiger partial charge on any atom is 0.0798 e. The number of nitrogens with zero attached hydrogens (tertiary/aromatic N) is 2. The fraction of sp³-hybridized carbons (Fsp3) is 0.438. The average Bonchev–Trinajstić information content (AvgIpc) is 2.94. The Hall–Kier alpha value is -1.61. The van der Waals surface area contributed by atoms with E-state index in [0.717, 1.165) is 17.8 Å². The fourth-order valence-electron chi connectivity index (χ4n) is 2.29. The Bertz CT molecular complexity index is 476. The van der Waals surface area contributed by atoms with Crippen molar-refractivity contribution in [3.8, 4) is 5.69 Å². The van der Waals surface area contributed by atoms with Crippen LogP contribution in [0.1, 0.15) is 44.3 Å². The first-order valence-electron chi connectivity index (χ1n) is 7.13. The summed E-state index contributed by atoms with van der Waals surface area (Å²) in [5, 5.41) is 8.05. The molecule has 0 aliphatic carbocycles. The van der Waals surface area contributed by atoms with Crippen molar-refractivity contribution in [1.29, 1.82) is 0 Å². The van der Waals surface area contributed by atoms with E-state index in [-0.39, 0.29) is 0 Å². The summed E-state index contributed by atoms with van der Waals surface area (Å²) in [4.78, 5) is 0. The number of hydrogen-bond acceptors (Lipinski definition) is 2. The molecule has 0 radical (unpaired) electrons. The zero-order valence-electron chi connectivity index (χ0n) is 11.8. The molecular weight excluding hydrogens is 234 g/mol. The van der Waals surface area contributed by atoms with Crippen molar-refractivity contribution in [2.24, 2.45) is 0 Å². The number of nitrogens with one attached hydrogen (secondary N) is 1. The highest BCUT2D eigenvalue weighted by Gasteiger charge is 2.12. The van der Waals surface area contributed by atoms with Gasteiger partial charge in [-0.25, -0.2) is 4.68 Å². The molecule has 19 heavy (non-hydrogen) atoms. The maximum absolute atomic E-state index is 4.68. The summed E-state index contributed by atoms with van der Waals surface area (Å²) in [5.74, 6) is 0. The third-order valence-electron chi connectivity index (χ3n) is 3.43. The molecule has 0 saturated heterocycles. The van der Waals surface area contributed by atoms with Gasteiger partial charge in [0.1, 0.15) is 0 Å². The van der Waals surface area contributed by atoms with Gasteiger partial charge in [0.15, 0.2) is 0 Å². The molecule has 0 amide bonds. The lowest BCUT2D eigenvalue weighted by Gasteiger charge is -2.13. The highest BCUT2D eigenvalue weighted by molar-refractivity contribution is 5.30. The van der Waals surface area contributed by atoms with Crippen molar-refractivity contribution in [2.75, 3.05) is 7.05 Å². The van der Waals surface area contributed by atoms with Gasteiger partial charge in [0.25, 0.3) is 0 Å². The molecule has 1 aromatic carbocycles. The molecule has 0 aliphatic heterocycles. The zero-order valence-corrected chi connectivity index (χ0v) is 11.8. The summed E-state index contributed by atoms with van der Waals surface area (Å²) in [6.45, 7) is 2.23. The molecule has 3 heteroatoms. The Balaban J connectivity index is 2.06. The van der Waals surface area contributed by atoms with Crippen LogP contribution in [-0.2, 0) is 0 Å². The van der Waals surface area contributed by atoms with E-state index in [0.29, 0.717) is 6.04 Å². The summed E-state index contributed by atoms with van der Waals surface area (Å²) in [7, 11) is 2.01. The smallest absolute Gasteiger partial charge is 0.0798 e. The number of hydrogen-bond donors (Lipinski definition) is 1. The van der Waals surface area contributed by atoms with Crippen molar-refractivity contribution in [3.63, 3.8) is 0 Å². The van der Waals surface area contributed by atoms with E-state index in [1.807, 2.05) is 36.1 Å². The summed E-state index contributed by atoms with van der Waals surface area (Å²) in [6, 6.07) is 12.7. The van der Waals surface area contributed by atoms with Gasteiger partial charge in [-0.3, -0.25) is 0 Å². The topological polar surface area (TPSA) is 29.9 Å². The maximum atomic E-state index is 4.68. The largest absolute Gasteiger partial charge is 0.312 e. The molecule has 0 aliphatic rings. The minimum Gasteiger partial charge on any atom is -0.312 e. The summed E-state index contributed by atoms with van der Waals surface area (Å²) >= 11 is 0. The molecule has 1 aromatic heterocycles. The van der Waals surface area contributed by atoms with Gasteiger partial charge in [0, 0.05) is 6.20 Å². The predicted octanol–water partition coefficient (Wildman–Crippen LogP) is 3.71. The van der Waals surface area contributed by atoms with Crippen molar-refractivity contribution in [3.05, 3.63) is 48.3 Å². The quantitative estimate of drug-likeness (QED) is 0.766. The molecule has 3 nitrogen and oxygen atoms in total. The Morgan fingerprint density at radius 3 is 2.63 bits per heavy atom. The van der Waals surface area contributed by atoms with Crippen LogP contribution in [0.5, 0.6) is 0 Å². The van der Waals surface area contributed by atoms with Crippen LogP contribution in [0.25, 0.3) is 5.69 Å². The highest BCUT2D eigenvalue weighted by Crippen LogP contribution is 2.19. The van der Waals surface area contributed by atoms with Crippen LogP contribution >= 0.6 is 0 Å². The lowest BCUT2D eigenvalue weighted by atomic mass is 10.1. The van der Waals surface area contributed by atoms with Gasteiger partial charge >= 0.3 is 0 Å². The molecule has 0 saturated carbocycles. The molecule has 0 spiro atoms. The third-order valence-corrected chi connectivity index (χ3v) is 3.43. The second kappa shape index (κ2) is 7.10. The van der Waals surface area contributed by atoms with E-state index in [1.54, 1.807) is 0 Å². The number of rotatable bonds is 7.